The van der Waals surface area contributed by atoms with Crippen LogP contribution in [0.3, 0.4) is 0 Å². The number of halogens is 1. The number of aromatic nitrogens is 2. The SMILES string of the molecule is C[C@H]1C(=O)C(C#N)=C[C@@]2(C)c3nc(-c4cccc(N5CCOCC5)c4)n(-c4cccc(F)c4)c3CC[C@H]12. The highest BCUT2D eigenvalue weighted by Gasteiger charge is 2.50. The molecule has 3 aromatic rings. The fourth-order valence-electron chi connectivity index (χ4n) is 6.46. The van der Waals surface area contributed by atoms with Gasteiger partial charge in [0.25, 0.3) is 0 Å². The summed E-state index contributed by atoms with van der Waals surface area (Å²) in [5, 5.41) is 9.71. The Kier molecular flexibility index (Phi) is 5.73. The third kappa shape index (κ3) is 3.79. The second-order valence-corrected chi connectivity index (χ2v) is 10.4. The molecule has 6 rings (SSSR count). The first-order valence-electron chi connectivity index (χ1n) is 12.9. The number of carbonyl (C=O) groups excluding carboxylic acids is 1. The van der Waals surface area contributed by atoms with Crippen LogP contribution in [-0.2, 0) is 21.4 Å². The average Bonchev–Trinajstić information content (AvgIpc) is 3.32. The van der Waals surface area contributed by atoms with Crippen molar-refractivity contribution < 1.29 is 13.9 Å². The fourth-order valence-corrected chi connectivity index (χ4v) is 6.46. The summed E-state index contributed by atoms with van der Waals surface area (Å²) in [6.07, 6.45) is 3.34. The number of ether oxygens (including phenoxy) is 1. The molecule has 0 saturated carbocycles. The number of carbonyl (C=O) groups is 1. The minimum absolute atomic E-state index is 0.0491. The summed E-state index contributed by atoms with van der Waals surface area (Å²) in [5.41, 5.74) is 4.26. The Morgan fingerprint density at radius 3 is 2.65 bits per heavy atom. The number of benzene rings is 2. The van der Waals surface area contributed by atoms with Gasteiger partial charge in [-0.2, -0.15) is 5.26 Å². The van der Waals surface area contributed by atoms with Gasteiger partial charge < -0.3 is 9.64 Å². The molecule has 2 heterocycles. The Hall–Kier alpha value is -3.76. The molecule has 1 aliphatic heterocycles. The van der Waals surface area contributed by atoms with Gasteiger partial charge in [0, 0.05) is 41.4 Å². The highest BCUT2D eigenvalue weighted by molar-refractivity contribution is 6.02. The van der Waals surface area contributed by atoms with Crippen LogP contribution >= 0.6 is 0 Å². The van der Waals surface area contributed by atoms with Gasteiger partial charge in [-0.05, 0) is 49.1 Å². The average molecular weight is 497 g/mol. The van der Waals surface area contributed by atoms with Crippen LogP contribution in [0, 0.1) is 29.0 Å². The number of hydrogen-bond acceptors (Lipinski definition) is 5. The molecule has 6 nitrogen and oxygen atoms in total. The third-order valence-corrected chi connectivity index (χ3v) is 8.34. The molecule has 0 N–H and O–H groups in total. The number of rotatable bonds is 3. The predicted molar refractivity (Wildman–Crippen MR) is 139 cm³/mol. The Labute approximate surface area is 216 Å². The molecule has 188 valence electrons. The zero-order chi connectivity index (χ0) is 25.7. The zero-order valence-corrected chi connectivity index (χ0v) is 21.1. The molecule has 0 amide bonds. The monoisotopic (exact) mass is 496 g/mol. The first-order valence-corrected chi connectivity index (χ1v) is 12.9. The van der Waals surface area contributed by atoms with E-state index in [4.69, 9.17) is 9.72 Å². The quantitative estimate of drug-likeness (QED) is 0.510. The summed E-state index contributed by atoms with van der Waals surface area (Å²) < 4.78 is 22.0. The maximum absolute atomic E-state index is 14.4. The number of morpholine rings is 1. The van der Waals surface area contributed by atoms with E-state index in [1.54, 1.807) is 6.07 Å². The molecule has 0 bridgehead atoms. The molecule has 2 aliphatic carbocycles. The Morgan fingerprint density at radius 2 is 1.89 bits per heavy atom. The van der Waals surface area contributed by atoms with Crippen molar-refractivity contribution in [3.8, 4) is 23.1 Å². The van der Waals surface area contributed by atoms with Crippen LogP contribution < -0.4 is 4.90 Å². The van der Waals surface area contributed by atoms with Gasteiger partial charge in [0.15, 0.2) is 5.78 Å². The van der Waals surface area contributed by atoms with Crippen molar-refractivity contribution in [2.75, 3.05) is 31.2 Å². The molecule has 7 heteroatoms. The van der Waals surface area contributed by atoms with Crippen LogP contribution in [0.2, 0.25) is 0 Å². The zero-order valence-electron chi connectivity index (χ0n) is 21.1. The van der Waals surface area contributed by atoms with Gasteiger partial charge >= 0.3 is 0 Å². The lowest BCUT2D eigenvalue weighted by Crippen LogP contribution is -2.45. The number of Topliss-reactive ketones (excluding diaryl/α,β-unsaturated/α-hetero) is 1. The van der Waals surface area contributed by atoms with Crippen molar-refractivity contribution in [1.29, 1.82) is 5.26 Å². The van der Waals surface area contributed by atoms with Crippen molar-refractivity contribution in [2.24, 2.45) is 11.8 Å². The number of imidazole rings is 1. The van der Waals surface area contributed by atoms with E-state index in [0.717, 1.165) is 54.4 Å². The Balaban J connectivity index is 1.57. The fraction of sp³-hybridized carbons (Fsp3) is 0.367. The molecular weight excluding hydrogens is 467 g/mol. The molecule has 37 heavy (non-hydrogen) atoms. The van der Waals surface area contributed by atoms with E-state index in [1.807, 2.05) is 31.2 Å². The van der Waals surface area contributed by atoms with Gasteiger partial charge in [0.2, 0.25) is 0 Å². The molecular formula is C30H29FN4O2. The Bertz CT molecular complexity index is 1460. The molecule has 3 atom stereocenters. The third-order valence-electron chi connectivity index (χ3n) is 8.34. The second kappa shape index (κ2) is 8.97. The summed E-state index contributed by atoms with van der Waals surface area (Å²) in [6, 6.07) is 17.0. The molecule has 1 fully saturated rings. The molecule has 1 aromatic heterocycles. The lowest BCUT2D eigenvalue weighted by atomic mass is 9.58. The molecule has 0 unspecified atom stereocenters. The maximum atomic E-state index is 14.4. The van der Waals surface area contributed by atoms with Crippen LogP contribution in [-0.4, -0.2) is 41.6 Å². The lowest BCUT2D eigenvalue weighted by molar-refractivity contribution is -0.121. The number of nitrogens with zero attached hydrogens (tertiary/aromatic N) is 4. The number of anilines is 1. The van der Waals surface area contributed by atoms with E-state index in [9.17, 15) is 14.4 Å². The normalized spacial score (nSPS) is 25.2. The largest absolute Gasteiger partial charge is 0.378 e. The van der Waals surface area contributed by atoms with Gasteiger partial charge in [-0.3, -0.25) is 9.36 Å². The standard InChI is InChI=1S/C30H29FN4O2/c1-19-25-9-10-26-28(30(25,2)17-21(18-32)27(19)36)33-29(35(26)24-8-4-6-22(31)16-24)20-5-3-7-23(15-20)34-11-13-37-14-12-34/h3-8,15-17,19,25H,9-14H2,1-2H3/t19-,25-,30-/m1/s1. The van der Waals surface area contributed by atoms with E-state index in [-0.39, 0.29) is 29.0 Å². The summed E-state index contributed by atoms with van der Waals surface area (Å²) in [7, 11) is 0. The smallest absolute Gasteiger partial charge is 0.176 e. The minimum Gasteiger partial charge on any atom is -0.378 e. The van der Waals surface area contributed by atoms with Crippen LogP contribution in [0.4, 0.5) is 10.1 Å². The number of fused-ring (bicyclic) bond motifs is 3. The van der Waals surface area contributed by atoms with Crippen molar-refractivity contribution in [1.82, 2.24) is 9.55 Å². The van der Waals surface area contributed by atoms with E-state index < -0.39 is 5.41 Å². The van der Waals surface area contributed by atoms with E-state index in [0.29, 0.717) is 18.9 Å². The topological polar surface area (TPSA) is 71.2 Å². The Morgan fingerprint density at radius 1 is 1.14 bits per heavy atom. The van der Waals surface area contributed by atoms with Crippen molar-refractivity contribution in [2.45, 2.75) is 32.1 Å². The summed E-state index contributed by atoms with van der Waals surface area (Å²) in [4.78, 5) is 20.4. The van der Waals surface area contributed by atoms with Gasteiger partial charge in [-0.15, -0.1) is 0 Å². The second-order valence-electron chi connectivity index (χ2n) is 10.4. The van der Waals surface area contributed by atoms with Gasteiger partial charge in [-0.25, -0.2) is 9.37 Å². The van der Waals surface area contributed by atoms with Crippen molar-refractivity contribution in [3.63, 3.8) is 0 Å². The molecule has 1 saturated heterocycles. The van der Waals surface area contributed by atoms with E-state index >= 15 is 0 Å². The highest BCUT2D eigenvalue weighted by Crippen LogP contribution is 2.50. The molecule has 2 aromatic carbocycles. The molecule has 0 radical (unpaired) electrons. The maximum Gasteiger partial charge on any atom is 0.176 e. The van der Waals surface area contributed by atoms with Crippen molar-refractivity contribution in [3.05, 3.63) is 77.4 Å². The minimum atomic E-state index is -0.568. The highest BCUT2D eigenvalue weighted by atomic mass is 19.1. The number of ketones is 1. The first-order chi connectivity index (χ1) is 17.9. The van der Waals surface area contributed by atoms with Gasteiger partial charge in [0.05, 0.1) is 30.2 Å². The summed E-state index contributed by atoms with van der Waals surface area (Å²) in [6.45, 7) is 7.06. The van der Waals surface area contributed by atoms with Gasteiger partial charge in [0.1, 0.15) is 17.7 Å². The van der Waals surface area contributed by atoms with Crippen molar-refractivity contribution >= 4 is 11.5 Å². The predicted octanol–water partition coefficient (Wildman–Crippen LogP) is 5.00. The number of nitriles is 1. The number of allylic oxidation sites excluding steroid dienone is 2. The summed E-state index contributed by atoms with van der Waals surface area (Å²) >= 11 is 0. The van der Waals surface area contributed by atoms with Gasteiger partial charge in [-0.1, -0.05) is 38.1 Å². The van der Waals surface area contributed by atoms with Crippen LogP contribution in [0.1, 0.15) is 31.7 Å². The van der Waals surface area contributed by atoms with E-state index in [2.05, 4.69) is 34.6 Å². The lowest BCUT2D eigenvalue weighted by Gasteiger charge is -2.44. The number of hydrogen-bond donors (Lipinski definition) is 0. The molecule has 3 aliphatic rings. The van der Waals surface area contributed by atoms with Crippen LogP contribution in [0.25, 0.3) is 17.1 Å². The van der Waals surface area contributed by atoms with Crippen LogP contribution in [0.15, 0.2) is 60.2 Å². The van der Waals surface area contributed by atoms with E-state index in [1.165, 1.54) is 12.1 Å². The summed E-state index contributed by atoms with van der Waals surface area (Å²) in [5.74, 6) is 0.134. The first kappa shape index (κ1) is 23.6. The van der Waals surface area contributed by atoms with Crippen LogP contribution in [0.5, 0.6) is 0 Å². The molecule has 0 spiro atoms.